The fourth-order valence-corrected chi connectivity index (χ4v) is 2.26. The van der Waals surface area contributed by atoms with Gasteiger partial charge < -0.3 is 15.5 Å². The fraction of sp³-hybridized carbons (Fsp3) is 0.500. The number of carbonyl (C=O) groups excluding carboxylic acids is 1. The van der Waals surface area contributed by atoms with Crippen LogP contribution in [0.5, 0.6) is 0 Å². The normalized spacial score (nSPS) is 13.7. The van der Waals surface area contributed by atoms with Gasteiger partial charge in [0.05, 0.1) is 19.1 Å². The number of ketones is 1. The van der Waals surface area contributed by atoms with Crippen molar-refractivity contribution in [3.05, 3.63) is 34.9 Å². The van der Waals surface area contributed by atoms with Gasteiger partial charge >= 0.3 is 5.97 Å². The summed E-state index contributed by atoms with van der Waals surface area (Å²) >= 11 is 0. The van der Waals surface area contributed by atoms with Crippen LogP contribution in [0, 0.1) is 13.8 Å². The summed E-state index contributed by atoms with van der Waals surface area (Å²) in [6.45, 7) is 5.51. The third-order valence-corrected chi connectivity index (χ3v) is 3.49. The first-order valence-electron chi connectivity index (χ1n) is 7.09. The third kappa shape index (κ3) is 4.95. The zero-order valence-corrected chi connectivity index (χ0v) is 12.7. The van der Waals surface area contributed by atoms with Crippen molar-refractivity contribution in [1.82, 2.24) is 5.32 Å². The van der Waals surface area contributed by atoms with Gasteiger partial charge in [0.25, 0.3) is 0 Å². The average molecular weight is 293 g/mol. The Balaban J connectivity index is 3.01. The largest absolute Gasteiger partial charge is 0.481 e. The van der Waals surface area contributed by atoms with E-state index < -0.39 is 12.0 Å². The fourth-order valence-electron chi connectivity index (χ4n) is 2.26. The second-order valence-electron chi connectivity index (χ2n) is 5.29. The maximum Gasteiger partial charge on any atom is 0.305 e. The summed E-state index contributed by atoms with van der Waals surface area (Å²) in [7, 11) is 0. The summed E-state index contributed by atoms with van der Waals surface area (Å²) in [5, 5.41) is 21.2. The van der Waals surface area contributed by atoms with E-state index in [0.717, 1.165) is 11.1 Å². The Bertz CT molecular complexity index is 509. The Labute approximate surface area is 125 Å². The van der Waals surface area contributed by atoms with Crippen LogP contribution in [0.25, 0.3) is 0 Å². The molecule has 5 nitrogen and oxygen atoms in total. The zero-order valence-electron chi connectivity index (χ0n) is 12.7. The topological polar surface area (TPSA) is 86.6 Å². The predicted molar refractivity (Wildman–Crippen MR) is 80.6 cm³/mol. The number of aryl methyl sites for hydroxylation is 2. The Morgan fingerprint density at radius 1 is 1.29 bits per heavy atom. The van der Waals surface area contributed by atoms with E-state index in [1.165, 1.54) is 0 Å². The number of hydrogen-bond acceptors (Lipinski definition) is 4. The standard InChI is InChI=1S/C16H23NO4/c1-4-12(9-18)17-14(8-15(19)20)16(21)13-6-5-10(2)7-11(13)3/h5-7,12,14,17-18H,4,8-9H2,1-3H3,(H,19,20). The van der Waals surface area contributed by atoms with Gasteiger partial charge in [-0.1, -0.05) is 30.7 Å². The van der Waals surface area contributed by atoms with Crippen molar-refractivity contribution in [1.29, 1.82) is 0 Å². The molecule has 0 amide bonds. The summed E-state index contributed by atoms with van der Waals surface area (Å²) in [5.74, 6) is -1.29. The molecule has 0 heterocycles. The first kappa shape index (κ1) is 17.3. The van der Waals surface area contributed by atoms with Crippen molar-refractivity contribution in [2.24, 2.45) is 0 Å². The Hall–Kier alpha value is -1.72. The minimum absolute atomic E-state index is 0.132. The molecule has 3 N–H and O–H groups in total. The summed E-state index contributed by atoms with van der Waals surface area (Å²) in [5.41, 5.74) is 2.40. The average Bonchev–Trinajstić information content (AvgIpc) is 2.42. The molecular formula is C16H23NO4. The van der Waals surface area contributed by atoms with E-state index in [-0.39, 0.29) is 24.9 Å². The maximum atomic E-state index is 12.6. The lowest BCUT2D eigenvalue weighted by molar-refractivity contribution is -0.137. The first-order chi connectivity index (χ1) is 9.88. The second kappa shape index (κ2) is 7.90. The summed E-state index contributed by atoms with van der Waals surface area (Å²) in [6.07, 6.45) is 0.315. The van der Waals surface area contributed by atoms with Gasteiger partial charge in [0, 0.05) is 11.6 Å². The maximum absolute atomic E-state index is 12.6. The minimum Gasteiger partial charge on any atom is -0.481 e. The summed E-state index contributed by atoms with van der Waals surface area (Å²) in [4.78, 5) is 23.6. The van der Waals surface area contributed by atoms with Crippen LogP contribution in [0.15, 0.2) is 18.2 Å². The van der Waals surface area contributed by atoms with Crippen molar-refractivity contribution >= 4 is 11.8 Å². The van der Waals surface area contributed by atoms with Crippen molar-refractivity contribution < 1.29 is 19.8 Å². The van der Waals surface area contributed by atoms with Gasteiger partial charge in [0.2, 0.25) is 0 Å². The van der Waals surface area contributed by atoms with Gasteiger partial charge in [0.1, 0.15) is 0 Å². The van der Waals surface area contributed by atoms with E-state index in [1.807, 2.05) is 32.9 Å². The van der Waals surface area contributed by atoms with E-state index in [1.54, 1.807) is 6.07 Å². The molecule has 0 aliphatic carbocycles. The van der Waals surface area contributed by atoms with Crippen LogP contribution in [0.2, 0.25) is 0 Å². The third-order valence-electron chi connectivity index (χ3n) is 3.49. The number of nitrogens with one attached hydrogen (secondary N) is 1. The molecule has 0 radical (unpaired) electrons. The number of carboxylic acids is 1. The molecule has 1 rings (SSSR count). The molecule has 1 aromatic carbocycles. The molecule has 5 heteroatoms. The van der Waals surface area contributed by atoms with E-state index in [4.69, 9.17) is 5.11 Å². The van der Waals surface area contributed by atoms with Gasteiger partial charge in [-0.3, -0.25) is 9.59 Å². The Kier molecular flexibility index (Phi) is 6.52. The SMILES string of the molecule is CCC(CO)NC(CC(=O)O)C(=O)c1ccc(C)cc1C. The highest BCUT2D eigenvalue weighted by molar-refractivity contribution is 6.02. The van der Waals surface area contributed by atoms with Gasteiger partial charge in [0.15, 0.2) is 5.78 Å². The van der Waals surface area contributed by atoms with E-state index in [0.29, 0.717) is 12.0 Å². The number of carboxylic acid groups (broad SMARTS) is 1. The van der Waals surface area contributed by atoms with Crippen LogP contribution in [0.4, 0.5) is 0 Å². The van der Waals surface area contributed by atoms with Crippen LogP contribution >= 0.6 is 0 Å². The predicted octanol–water partition coefficient (Wildman–Crippen LogP) is 1.69. The van der Waals surface area contributed by atoms with Crippen LogP contribution in [-0.4, -0.2) is 40.7 Å². The molecule has 0 aliphatic heterocycles. The number of rotatable bonds is 8. The summed E-state index contributed by atoms with van der Waals surface area (Å²) < 4.78 is 0. The monoisotopic (exact) mass is 293 g/mol. The van der Waals surface area contributed by atoms with Crippen LogP contribution in [0.1, 0.15) is 41.3 Å². The number of hydrogen-bond donors (Lipinski definition) is 3. The lowest BCUT2D eigenvalue weighted by Crippen LogP contribution is -2.46. The van der Waals surface area contributed by atoms with Crippen LogP contribution in [-0.2, 0) is 4.79 Å². The molecule has 0 aliphatic rings. The van der Waals surface area contributed by atoms with E-state index >= 15 is 0 Å². The quantitative estimate of drug-likeness (QED) is 0.635. The van der Waals surface area contributed by atoms with Crippen LogP contribution < -0.4 is 5.32 Å². The van der Waals surface area contributed by atoms with Crippen molar-refractivity contribution in [3.8, 4) is 0 Å². The number of Topliss-reactive ketones (excluding diaryl/α,β-unsaturated/α-hetero) is 1. The highest BCUT2D eigenvalue weighted by Crippen LogP contribution is 2.15. The highest BCUT2D eigenvalue weighted by atomic mass is 16.4. The molecule has 1 aromatic rings. The molecule has 0 saturated carbocycles. The number of benzene rings is 1. The van der Waals surface area contributed by atoms with Gasteiger partial charge in [-0.25, -0.2) is 0 Å². The van der Waals surface area contributed by atoms with E-state index in [2.05, 4.69) is 5.32 Å². The lowest BCUT2D eigenvalue weighted by atomic mass is 9.95. The number of aliphatic hydroxyl groups excluding tert-OH is 1. The molecule has 21 heavy (non-hydrogen) atoms. The van der Waals surface area contributed by atoms with Crippen molar-refractivity contribution in [2.45, 2.75) is 45.7 Å². The Morgan fingerprint density at radius 3 is 2.43 bits per heavy atom. The minimum atomic E-state index is -1.04. The molecule has 0 spiro atoms. The molecule has 0 aromatic heterocycles. The molecule has 0 bridgehead atoms. The zero-order chi connectivity index (χ0) is 16.0. The van der Waals surface area contributed by atoms with Gasteiger partial charge in [-0.05, 0) is 25.8 Å². The highest BCUT2D eigenvalue weighted by Gasteiger charge is 2.26. The first-order valence-corrected chi connectivity index (χ1v) is 7.09. The Morgan fingerprint density at radius 2 is 1.95 bits per heavy atom. The van der Waals surface area contributed by atoms with Crippen molar-refractivity contribution in [2.75, 3.05) is 6.61 Å². The smallest absolute Gasteiger partial charge is 0.305 e. The second-order valence-corrected chi connectivity index (χ2v) is 5.29. The molecule has 2 unspecified atom stereocenters. The van der Waals surface area contributed by atoms with Gasteiger partial charge in [-0.15, -0.1) is 0 Å². The number of aliphatic carboxylic acids is 1. The molecular weight excluding hydrogens is 270 g/mol. The molecule has 0 saturated heterocycles. The molecule has 116 valence electrons. The summed E-state index contributed by atoms with van der Waals surface area (Å²) in [6, 6.07) is 4.34. The molecule has 0 fully saturated rings. The van der Waals surface area contributed by atoms with Crippen molar-refractivity contribution in [3.63, 3.8) is 0 Å². The van der Waals surface area contributed by atoms with Crippen LogP contribution in [0.3, 0.4) is 0 Å². The number of aliphatic hydroxyl groups is 1. The van der Waals surface area contributed by atoms with Gasteiger partial charge in [-0.2, -0.15) is 0 Å². The molecule has 2 atom stereocenters. The lowest BCUT2D eigenvalue weighted by Gasteiger charge is -2.22. The van der Waals surface area contributed by atoms with E-state index in [9.17, 15) is 14.7 Å². The number of carbonyl (C=O) groups is 2.